The maximum atomic E-state index is 13.0. The molecule has 0 heterocycles. The molecule has 2 aromatic rings. The number of carboxylic acid groups (broad SMARTS) is 1. The highest BCUT2D eigenvalue weighted by Crippen LogP contribution is 2.30. The zero-order valence-electron chi connectivity index (χ0n) is 12.9. The highest BCUT2D eigenvalue weighted by Gasteiger charge is 2.25. The highest BCUT2D eigenvalue weighted by molar-refractivity contribution is 7.89. The molecule has 0 aliphatic carbocycles. The van der Waals surface area contributed by atoms with E-state index in [1.54, 1.807) is 0 Å². The molecular formula is C15H11ClFN2O6S-. The zero-order chi connectivity index (χ0) is 19.5. The molecule has 0 amide bonds. The van der Waals surface area contributed by atoms with Gasteiger partial charge in [-0.2, -0.15) is 0 Å². The number of carboxylic acids is 1. The summed E-state index contributed by atoms with van der Waals surface area (Å²) in [6.45, 7) is 0. The van der Waals surface area contributed by atoms with Crippen molar-refractivity contribution in [2.75, 3.05) is 0 Å². The second-order valence-electron chi connectivity index (χ2n) is 5.17. The van der Waals surface area contributed by atoms with Crippen molar-refractivity contribution in [3.63, 3.8) is 0 Å². The number of sulfonamides is 1. The van der Waals surface area contributed by atoms with Crippen molar-refractivity contribution in [3.8, 4) is 0 Å². The van der Waals surface area contributed by atoms with Gasteiger partial charge in [-0.3, -0.25) is 10.1 Å². The van der Waals surface area contributed by atoms with Gasteiger partial charge in [-0.1, -0.05) is 11.6 Å². The summed E-state index contributed by atoms with van der Waals surface area (Å²) in [7, 11) is -4.26. The normalized spacial score (nSPS) is 12.5. The van der Waals surface area contributed by atoms with Crippen LogP contribution in [0.2, 0.25) is 5.02 Å². The summed E-state index contributed by atoms with van der Waals surface area (Å²) < 4.78 is 39.9. The first kappa shape index (κ1) is 19.8. The number of nitro benzene ring substituents is 1. The van der Waals surface area contributed by atoms with Crippen molar-refractivity contribution in [1.82, 2.24) is 4.72 Å². The number of non-ortho nitro benzene ring substituents is 1. The molecule has 0 aliphatic rings. The Labute approximate surface area is 152 Å². The number of hydrogen-bond donors (Lipinski definition) is 1. The molecule has 11 heteroatoms. The molecule has 8 nitrogen and oxygen atoms in total. The lowest BCUT2D eigenvalue weighted by Gasteiger charge is -2.20. The van der Waals surface area contributed by atoms with Gasteiger partial charge in [-0.25, -0.2) is 17.5 Å². The van der Waals surface area contributed by atoms with E-state index in [-0.39, 0.29) is 15.5 Å². The van der Waals surface area contributed by atoms with Crippen molar-refractivity contribution in [1.29, 1.82) is 0 Å². The molecule has 0 spiro atoms. The highest BCUT2D eigenvalue weighted by atomic mass is 35.5. The van der Waals surface area contributed by atoms with Crippen molar-refractivity contribution >= 4 is 33.3 Å². The third kappa shape index (κ3) is 4.75. The van der Waals surface area contributed by atoms with Gasteiger partial charge in [0, 0.05) is 29.5 Å². The standard InChI is InChI=1S/C15H12ClFN2O6S/c16-13-6-3-10(19(22)23)7-12(13)14(8-15(20)21)18-26(24,25)11-4-1-9(17)2-5-11/h1-7,14,18H,8H2,(H,20,21)/p-1/t14-/m1/s1. The second-order valence-corrected chi connectivity index (χ2v) is 7.29. The number of nitrogens with zero attached hydrogens (tertiary/aromatic N) is 1. The monoisotopic (exact) mass is 401 g/mol. The maximum absolute atomic E-state index is 13.0. The molecular weight excluding hydrogens is 391 g/mol. The first-order chi connectivity index (χ1) is 12.1. The molecule has 0 aliphatic heterocycles. The number of carbonyl (C=O) groups is 1. The van der Waals surface area contributed by atoms with Crippen LogP contribution in [0.4, 0.5) is 10.1 Å². The van der Waals surface area contributed by atoms with E-state index in [0.29, 0.717) is 0 Å². The number of benzene rings is 2. The Balaban J connectivity index is 2.45. The largest absolute Gasteiger partial charge is 0.550 e. The Morgan fingerprint density at radius 2 is 1.85 bits per heavy atom. The van der Waals surface area contributed by atoms with Crippen molar-refractivity contribution < 1.29 is 27.6 Å². The Kier molecular flexibility index (Phi) is 5.90. The van der Waals surface area contributed by atoms with Crippen LogP contribution in [0, 0.1) is 15.9 Å². The molecule has 0 radical (unpaired) electrons. The first-order valence-electron chi connectivity index (χ1n) is 7.02. The fourth-order valence-electron chi connectivity index (χ4n) is 2.16. The van der Waals surface area contributed by atoms with E-state index in [1.807, 2.05) is 0 Å². The smallest absolute Gasteiger partial charge is 0.269 e. The fourth-order valence-corrected chi connectivity index (χ4v) is 3.63. The van der Waals surface area contributed by atoms with E-state index in [4.69, 9.17) is 11.6 Å². The number of carbonyl (C=O) groups excluding carboxylic acids is 1. The van der Waals surface area contributed by atoms with Crippen LogP contribution in [0.15, 0.2) is 47.4 Å². The summed E-state index contributed by atoms with van der Waals surface area (Å²) in [6.07, 6.45) is -0.818. The van der Waals surface area contributed by atoms with Gasteiger partial charge in [0.2, 0.25) is 10.0 Å². The predicted molar refractivity (Wildman–Crippen MR) is 87.2 cm³/mol. The van der Waals surface area contributed by atoms with Crippen LogP contribution in [-0.4, -0.2) is 19.3 Å². The van der Waals surface area contributed by atoms with E-state index >= 15 is 0 Å². The van der Waals surface area contributed by atoms with Crippen LogP contribution in [-0.2, 0) is 14.8 Å². The third-order valence-electron chi connectivity index (χ3n) is 3.36. The van der Waals surface area contributed by atoms with Gasteiger partial charge in [0.15, 0.2) is 0 Å². The average Bonchev–Trinajstić information content (AvgIpc) is 2.54. The molecule has 0 aromatic heterocycles. The number of rotatable bonds is 7. The van der Waals surface area contributed by atoms with Crippen molar-refractivity contribution in [3.05, 3.63) is 69.0 Å². The van der Waals surface area contributed by atoms with Gasteiger partial charge in [-0.05, 0) is 35.9 Å². The van der Waals surface area contributed by atoms with Crippen LogP contribution >= 0.6 is 11.6 Å². The fraction of sp³-hybridized carbons (Fsp3) is 0.133. The zero-order valence-corrected chi connectivity index (χ0v) is 14.5. The van der Waals surface area contributed by atoms with Gasteiger partial charge in [0.1, 0.15) is 5.82 Å². The lowest BCUT2D eigenvalue weighted by atomic mass is 10.0. The Morgan fingerprint density at radius 3 is 2.38 bits per heavy atom. The number of halogens is 2. The van der Waals surface area contributed by atoms with Crippen LogP contribution in [0.5, 0.6) is 0 Å². The van der Waals surface area contributed by atoms with Crippen molar-refractivity contribution in [2.45, 2.75) is 17.4 Å². The molecule has 0 saturated carbocycles. The number of nitrogens with one attached hydrogen (secondary N) is 1. The SMILES string of the molecule is O=C([O-])C[C@@H](NS(=O)(=O)c1ccc(F)cc1)c1cc([N+](=O)[O-])ccc1Cl. The number of nitro groups is 1. The summed E-state index contributed by atoms with van der Waals surface area (Å²) >= 11 is 5.95. The quantitative estimate of drug-likeness (QED) is 0.553. The van der Waals surface area contributed by atoms with E-state index in [9.17, 15) is 32.8 Å². The second kappa shape index (κ2) is 7.77. The number of hydrogen-bond acceptors (Lipinski definition) is 6. The minimum Gasteiger partial charge on any atom is -0.550 e. The molecule has 0 fully saturated rings. The molecule has 0 bridgehead atoms. The van der Waals surface area contributed by atoms with E-state index < -0.39 is 44.9 Å². The molecule has 0 unspecified atom stereocenters. The maximum Gasteiger partial charge on any atom is 0.269 e. The minimum atomic E-state index is -4.26. The van der Waals surface area contributed by atoms with Gasteiger partial charge in [0.05, 0.1) is 15.9 Å². The first-order valence-corrected chi connectivity index (χ1v) is 8.88. The third-order valence-corrected chi connectivity index (χ3v) is 5.19. The summed E-state index contributed by atoms with van der Waals surface area (Å²) in [5, 5.41) is 21.8. The lowest BCUT2D eigenvalue weighted by Crippen LogP contribution is -2.34. The summed E-state index contributed by atoms with van der Waals surface area (Å²) in [4.78, 5) is 20.9. The molecule has 138 valence electrons. The molecule has 2 rings (SSSR count). The lowest BCUT2D eigenvalue weighted by molar-refractivity contribution is -0.385. The summed E-state index contributed by atoms with van der Waals surface area (Å²) in [5.41, 5.74) is -0.496. The molecule has 1 atom stereocenters. The average molecular weight is 402 g/mol. The van der Waals surface area contributed by atoms with E-state index in [0.717, 1.165) is 42.5 Å². The van der Waals surface area contributed by atoms with E-state index in [1.165, 1.54) is 0 Å². The van der Waals surface area contributed by atoms with Crippen LogP contribution in [0.1, 0.15) is 18.0 Å². The summed E-state index contributed by atoms with van der Waals surface area (Å²) in [5.74, 6) is -2.25. The number of aliphatic carboxylic acids is 1. The topological polar surface area (TPSA) is 129 Å². The van der Waals surface area contributed by atoms with Crippen LogP contribution in [0.25, 0.3) is 0 Å². The van der Waals surface area contributed by atoms with Crippen molar-refractivity contribution in [2.24, 2.45) is 0 Å². The van der Waals surface area contributed by atoms with Gasteiger partial charge in [-0.15, -0.1) is 0 Å². The van der Waals surface area contributed by atoms with Gasteiger partial charge in [0.25, 0.3) is 5.69 Å². The van der Waals surface area contributed by atoms with E-state index in [2.05, 4.69) is 4.72 Å². The minimum absolute atomic E-state index is 0.0661. The molecule has 2 aromatic carbocycles. The Morgan fingerprint density at radius 1 is 1.23 bits per heavy atom. The summed E-state index contributed by atoms with van der Waals surface area (Å²) in [6, 6.07) is 5.61. The molecule has 26 heavy (non-hydrogen) atoms. The van der Waals surface area contributed by atoms with Crippen LogP contribution < -0.4 is 9.83 Å². The molecule has 0 saturated heterocycles. The van der Waals surface area contributed by atoms with Gasteiger partial charge < -0.3 is 9.90 Å². The Hall–Kier alpha value is -2.56. The van der Waals surface area contributed by atoms with Crippen LogP contribution in [0.3, 0.4) is 0 Å². The molecule has 1 N–H and O–H groups in total. The predicted octanol–water partition coefficient (Wildman–Crippen LogP) is 1.55. The van der Waals surface area contributed by atoms with Gasteiger partial charge >= 0.3 is 0 Å². The Bertz CT molecular complexity index is 949.